The van der Waals surface area contributed by atoms with Gasteiger partial charge in [-0.25, -0.2) is 0 Å². The number of methoxy groups -OCH3 is 1. The number of carbonyl (C=O) groups excluding carboxylic acids is 2. The molecule has 26 heavy (non-hydrogen) atoms. The standard InChI is InChI=1S/C19H22N4O3/c1-26-12-16(24)23-9-3-6-15(11-23)18-17(21-7-8-22-18)13-4-2-5-14(10-13)19(20)25/h2,4-5,7-8,10,15H,3,6,9,11-12H2,1H3,(H2,20,25)/t15-/m1/s1. The van der Waals surface area contributed by atoms with Gasteiger partial charge in [0.15, 0.2) is 0 Å². The largest absolute Gasteiger partial charge is 0.375 e. The van der Waals surface area contributed by atoms with Gasteiger partial charge < -0.3 is 15.4 Å². The molecule has 1 atom stereocenters. The van der Waals surface area contributed by atoms with E-state index >= 15 is 0 Å². The fourth-order valence-corrected chi connectivity index (χ4v) is 3.33. The Balaban J connectivity index is 1.91. The molecule has 0 saturated carbocycles. The maximum absolute atomic E-state index is 12.2. The Hall–Kier alpha value is -2.80. The Labute approximate surface area is 152 Å². The molecule has 0 bridgehead atoms. The summed E-state index contributed by atoms with van der Waals surface area (Å²) in [5.41, 5.74) is 8.18. The summed E-state index contributed by atoms with van der Waals surface area (Å²) in [6.45, 7) is 1.40. The lowest BCUT2D eigenvalue weighted by Crippen LogP contribution is -2.41. The average Bonchev–Trinajstić information content (AvgIpc) is 2.68. The molecule has 2 heterocycles. The van der Waals surface area contributed by atoms with Crippen molar-refractivity contribution in [3.8, 4) is 11.3 Å². The van der Waals surface area contributed by atoms with Crippen molar-refractivity contribution < 1.29 is 14.3 Å². The second-order valence-electron chi connectivity index (χ2n) is 6.35. The van der Waals surface area contributed by atoms with E-state index in [9.17, 15) is 9.59 Å². The number of primary amides is 1. The maximum atomic E-state index is 12.2. The van der Waals surface area contributed by atoms with Gasteiger partial charge in [0.2, 0.25) is 11.8 Å². The number of nitrogens with two attached hydrogens (primary N) is 1. The molecule has 1 aromatic heterocycles. The topological polar surface area (TPSA) is 98.4 Å². The highest BCUT2D eigenvalue weighted by molar-refractivity contribution is 5.94. The first-order valence-electron chi connectivity index (χ1n) is 8.58. The number of likely N-dealkylation sites (tertiary alicyclic amines) is 1. The van der Waals surface area contributed by atoms with Crippen LogP contribution in [-0.4, -0.2) is 53.5 Å². The summed E-state index contributed by atoms with van der Waals surface area (Å²) >= 11 is 0. The predicted molar refractivity (Wildman–Crippen MR) is 96.4 cm³/mol. The quantitative estimate of drug-likeness (QED) is 0.879. The van der Waals surface area contributed by atoms with Crippen LogP contribution in [0.2, 0.25) is 0 Å². The molecule has 3 rings (SSSR count). The number of ether oxygens (including phenoxy) is 1. The molecule has 1 saturated heterocycles. The van der Waals surface area contributed by atoms with E-state index in [-0.39, 0.29) is 18.4 Å². The summed E-state index contributed by atoms with van der Waals surface area (Å²) in [5.74, 6) is -0.407. The molecule has 1 aliphatic heterocycles. The second kappa shape index (κ2) is 8.05. The highest BCUT2D eigenvalue weighted by atomic mass is 16.5. The molecule has 2 N–H and O–H groups in total. The summed E-state index contributed by atoms with van der Waals surface area (Å²) in [6, 6.07) is 7.07. The SMILES string of the molecule is COCC(=O)N1CCC[C@@H](c2nccnc2-c2cccc(C(N)=O)c2)C1. The summed E-state index contributed by atoms with van der Waals surface area (Å²) in [4.78, 5) is 34.5. The van der Waals surface area contributed by atoms with Crippen molar-refractivity contribution in [3.05, 3.63) is 47.9 Å². The number of amides is 2. The van der Waals surface area contributed by atoms with Gasteiger partial charge in [0.1, 0.15) is 6.61 Å². The Morgan fingerprint density at radius 3 is 2.88 bits per heavy atom. The van der Waals surface area contributed by atoms with Gasteiger partial charge in [-0.15, -0.1) is 0 Å². The number of benzene rings is 1. The van der Waals surface area contributed by atoms with Crippen molar-refractivity contribution in [3.63, 3.8) is 0 Å². The van der Waals surface area contributed by atoms with Crippen molar-refractivity contribution in [1.29, 1.82) is 0 Å². The molecule has 136 valence electrons. The minimum Gasteiger partial charge on any atom is -0.375 e. The minimum atomic E-state index is -0.480. The summed E-state index contributed by atoms with van der Waals surface area (Å²) in [6.07, 6.45) is 5.12. The first-order chi connectivity index (χ1) is 12.6. The molecule has 1 aromatic carbocycles. The molecular formula is C19H22N4O3. The molecule has 2 amide bonds. The number of hydrogen-bond donors (Lipinski definition) is 1. The molecule has 2 aromatic rings. The Morgan fingerprint density at radius 2 is 2.12 bits per heavy atom. The van der Waals surface area contributed by atoms with Gasteiger partial charge in [-0.2, -0.15) is 0 Å². The molecule has 7 nitrogen and oxygen atoms in total. The van der Waals surface area contributed by atoms with Crippen molar-refractivity contribution >= 4 is 11.8 Å². The molecule has 7 heteroatoms. The molecular weight excluding hydrogens is 332 g/mol. The van der Waals surface area contributed by atoms with Crippen molar-refractivity contribution in [2.75, 3.05) is 26.8 Å². The number of nitrogens with zero attached hydrogens (tertiary/aromatic N) is 3. The van der Waals surface area contributed by atoms with Gasteiger partial charge in [-0.05, 0) is 25.0 Å². The van der Waals surface area contributed by atoms with Crippen molar-refractivity contribution in [2.24, 2.45) is 5.73 Å². The zero-order valence-electron chi connectivity index (χ0n) is 14.7. The fourth-order valence-electron chi connectivity index (χ4n) is 3.33. The van der Waals surface area contributed by atoms with E-state index in [1.807, 2.05) is 11.0 Å². The summed E-state index contributed by atoms with van der Waals surface area (Å²) < 4.78 is 4.96. The average molecular weight is 354 g/mol. The van der Waals surface area contributed by atoms with Crippen molar-refractivity contribution in [2.45, 2.75) is 18.8 Å². The summed E-state index contributed by atoms with van der Waals surface area (Å²) in [7, 11) is 1.52. The van der Waals surface area contributed by atoms with Crippen LogP contribution in [-0.2, 0) is 9.53 Å². The van der Waals surface area contributed by atoms with Gasteiger partial charge in [0, 0.05) is 49.6 Å². The lowest BCUT2D eigenvalue weighted by Gasteiger charge is -2.33. The molecule has 1 aliphatic rings. The van der Waals surface area contributed by atoms with Gasteiger partial charge in [0.25, 0.3) is 0 Å². The van der Waals surface area contributed by atoms with E-state index in [4.69, 9.17) is 10.5 Å². The third-order valence-corrected chi connectivity index (χ3v) is 4.58. The van der Waals surface area contributed by atoms with Gasteiger partial charge >= 0.3 is 0 Å². The normalized spacial score (nSPS) is 17.1. The second-order valence-corrected chi connectivity index (χ2v) is 6.35. The molecule has 0 spiro atoms. The van der Waals surface area contributed by atoms with Crippen LogP contribution in [0, 0.1) is 0 Å². The van der Waals surface area contributed by atoms with Crippen LogP contribution in [0.3, 0.4) is 0 Å². The number of hydrogen-bond acceptors (Lipinski definition) is 5. The Bertz CT molecular complexity index is 809. The summed E-state index contributed by atoms with van der Waals surface area (Å²) in [5, 5.41) is 0. The van der Waals surface area contributed by atoms with E-state index < -0.39 is 5.91 Å². The number of piperidine rings is 1. The maximum Gasteiger partial charge on any atom is 0.248 e. The minimum absolute atomic E-state index is 0.0154. The van der Waals surface area contributed by atoms with E-state index in [1.54, 1.807) is 30.6 Å². The fraction of sp³-hybridized carbons (Fsp3) is 0.368. The van der Waals surface area contributed by atoms with E-state index in [1.165, 1.54) is 7.11 Å². The smallest absolute Gasteiger partial charge is 0.248 e. The van der Waals surface area contributed by atoms with Crippen LogP contribution in [0.1, 0.15) is 34.8 Å². The lowest BCUT2D eigenvalue weighted by atomic mass is 9.91. The third-order valence-electron chi connectivity index (χ3n) is 4.58. The zero-order valence-corrected chi connectivity index (χ0v) is 14.7. The number of carbonyl (C=O) groups is 2. The van der Waals surface area contributed by atoms with Crippen LogP contribution in [0.5, 0.6) is 0 Å². The number of aromatic nitrogens is 2. The predicted octanol–water partition coefficient (Wildman–Crippen LogP) is 1.59. The zero-order chi connectivity index (χ0) is 18.5. The highest BCUT2D eigenvalue weighted by Gasteiger charge is 2.27. The Kier molecular flexibility index (Phi) is 5.58. The third kappa shape index (κ3) is 3.88. The van der Waals surface area contributed by atoms with Crippen LogP contribution in [0.25, 0.3) is 11.3 Å². The number of rotatable bonds is 5. The van der Waals surface area contributed by atoms with Crippen LogP contribution in [0.4, 0.5) is 0 Å². The van der Waals surface area contributed by atoms with Gasteiger partial charge in [-0.1, -0.05) is 12.1 Å². The Morgan fingerprint density at radius 1 is 1.31 bits per heavy atom. The van der Waals surface area contributed by atoms with Crippen LogP contribution < -0.4 is 5.73 Å². The highest BCUT2D eigenvalue weighted by Crippen LogP contribution is 2.32. The first-order valence-corrected chi connectivity index (χ1v) is 8.58. The first kappa shape index (κ1) is 18.0. The monoisotopic (exact) mass is 354 g/mol. The molecule has 1 fully saturated rings. The van der Waals surface area contributed by atoms with E-state index in [0.29, 0.717) is 12.1 Å². The van der Waals surface area contributed by atoms with Crippen molar-refractivity contribution in [1.82, 2.24) is 14.9 Å². The van der Waals surface area contributed by atoms with E-state index in [2.05, 4.69) is 9.97 Å². The van der Waals surface area contributed by atoms with Crippen LogP contribution >= 0.6 is 0 Å². The van der Waals surface area contributed by atoms with Gasteiger partial charge in [0.05, 0.1) is 11.4 Å². The molecule has 0 radical (unpaired) electrons. The van der Waals surface area contributed by atoms with Gasteiger partial charge in [-0.3, -0.25) is 19.6 Å². The molecule has 0 unspecified atom stereocenters. The molecule has 0 aliphatic carbocycles. The van der Waals surface area contributed by atoms with E-state index in [0.717, 1.165) is 36.3 Å². The van der Waals surface area contributed by atoms with Crippen LogP contribution in [0.15, 0.2) is 36.7 Å². The lowest BCUT2D eigenvalue weighted by molar-refractivity contribution is -0.136.